The summed E-state index contributed by atoms with van der Waals surface area (Å²) in [5.41, 5.74) is 0. The van der Waals surface area contributed by atoms with E-state index in [4.69, 9.17) is 9.05 Å². The average Bonchev–Trinajstić information content (AvgIpc) is 3.26. The SMILES string of the molecule is CCCCCCCCCCC/C=C\C/C=C\CCCCCCCCCCCCCC(=O)NC(COP(=O)([O-])OCC[N+](C)(C)C)C(O)/C=C/CCCCCCCCCCCCCCCC. The van der Waals surface area contributed by atoms with Crippen LogP contribution in [-0.4, -0.2) is 68.5 Å². The molecule has 65 heavy (non-hydrogen) atoms. The number of carbonyl (C=O) groups is 1. The van der Waals surface area contributed by atoms with Gasteiger partial charge in [-0.25, -0.2) is 0 Å². The van der Waals surface area contributed by atoms with Gasteiger partial charge in [0.15, 0.2) is 0 Å². The Morgan fingerprint density at radius 2 is 0.892 bits per heavy atom. The molecule has 9 heteroatoms. The average molecular weight is 937 g/mol. The van der Waals surface area contributed by atoms with Gasteiger partial charge in [0, 0.05) is 6.42 Å². The Balaban J connectivity index is 4.19. The van der Waals surface area contributed by atoms with Gasteiger partial charge in [0.2, 0.25) is 5.91 Å². The molecule has 1 amide bonds. The van der Waals surface area contributed by atoms with Crippen molar-refractivity contribution in [2.75, 3.05) is 40.9 Å². The normalized spacial score (nSPS) is 14.3. The van der Waals surface area contributed by atoms with Crippen LogP contribution >= 0.6 is 7.82 Å². The van der Waals surface area contributed by atoms with E-state index in [1.54, 1.807) is 6.08 Å². The lowest BCUT2D eigenvalue weighted by Gasteiger charge is -2.29. The molecule has 3 atom stereocenters. The molecule has 0 saturated heterocycles. The number of amides is 1. The number of hydrogen-bond donors (Lipinski definition) is 2. The maximum Gasteiger partial charge on any atom is 0.268 e. The third-order valence-electron chi connectivity index (χ3n) is 12.6. The highest BCUT2D eigenvalue weighted by molar-refractivity contribution is 7.45. The number of quaternary nitrogens is 1. The van der Waals surface area contributed by atoms with Crippen LogP contribution in [-0.2, 0) is 18.4 Å². The van der Waals surface area contributed by atoms with Crippen molar-refractivity contribution in [1.29, 1.82) is 0 Å². The Morgan fingerprint density at radius 1 is 0.538 bits per heavy atom. The van der Waals surface area contributed by atoms with Crippen LogP contribution in [0.15, 0.2) is 36.5 Å². The molecule has 0 aliphatic carbocycles. The summed E-state index contributed by atoms with van der Waals surface area (Å²) in [7, 11) is 1.26. The van der Waals surface area contributed by atoms with E-state index in [1.807, 2.05) is 27.2 Å². The number of nitrogens with zero attached hydrogens (tertiary/aromatic N) is 1. The lowest BCUT2D eigenvalue weighted by Crippen LogP contribution is -2.45. The fraction of sp³-hybridized carbons (Fsp3) is 0.875. The van der Waals surface area contributed by atoms with Crippen LogP contribution in [0.2, 0.25) is 0 Å². The topological polar surface area (TPSA) is 108 Å². The minimum absolute atomic E-state index is 0.000953. The molecule has 384 valence electrons. The monoisotopic (exact) mass is 937 g/mol. The fourth-order valence-electron chi connectivity index (χ4n) is 8.18. The molecular weight excluding hydrogens is 828 g/mol. The highest BCUT2D eigenvalue weighted by atomic mass is 31.2. The molecule has 0 aliphatic heterocycles. The van der Waals surface area contributed by atoms with Gasteiger partial charge in [0.05, 0.1) is 39.9 Å². The molecule has 2 N–H and O–H groups in total. The largest absolute Gasteiger partial charge is 0.756 e. The number of carbonyl (C=O) groups excluding carboxylic acids is 1. The van der Waals surface area contributed by atoms with Crippen molar-refractivity contribution < 1.29 is 32.9 Å². The van der Waals surface area contributed by atoms with Crippen molar-refractivity contribution in [3.63, 3.8) is 0 Å². The first-order valence-corrected chi connectivity index (χ1v) is 29.3. The summed E-state index contributed by atoms with van der Waals surface area (Å²) in [5, 5.41) is 13.9. The maximum atomic E-state index is 12.9. The lowest BCUT2D eigenvalue weighted by molar-refractivity contribution is -0.870. The van der Waals surface area contributed by atoms with E-state index in [2.05, 4.69) is 43.5 Å². The zero-order valence-corrected chi connectivity index (χ0v) is 44.6. The standard InChI is InChI=1S/C56H109N2O6P/c1-6-8-10-12-14-16-18-20-22-24-25-26-27-28-29-30-31-32-33-34-36-38-40-42-44-46-48-50-56(60)57-54(53-64-65(61,62)63-52-51-58(3,4)5)55(59)49-47-45-43-41-39-37-35-23-21-19-17-15-13-11-9-7-2/h25-26,28-29,47,49,54-55,59H,6-24,27,30-46,48,50-53H2,1-5H3,(H-,57,60,61,62)/b26-25-,29-28-,49-47+. The molecule has 0 aromatic heterocycles. The van der Waals surface area contributed by atoms with E-state index in [-0.39, 0.29) is 19.1 Å². The second kappa shape index (κ2) is 47.8. The van der Waals surface area contributed by atoms with E-state index in [1.165, 1.54) is 199 Å². The van der Waals surface area contributed by atoms with E-state index in [9.17, 15) is 19.4 Å². The number of nitrogens with one attached hydrogen (secondary N) is 1. The smallest absolute Gasteiger partial charge is 0.268 e. The predicted molar refractivity (Wildman–Crippen MR) is 279 cm³/mol. The summed E-state index contributed by atoms with van der Waals surface area (Å²) >= 11 is 0. The van der Waals surface area contributed by atoms with Gasteiger partial charge in [-0.1, -0.05) is 243 Å². The van der Waals surface area contributed by atoms with Gasteiger partial charge >= 0.3 is 0 Å². The summed E-state index contributed by atoms with van der Waals surface area (Å²) < 4.78 is 23.3. The number of rotatable bonds is 51. The number of unbranched alkanes of at least 4 members (excludes halogenated alkanes) is 34. The summed E-state index contributed by atoms with van der Waals surface area (Å²) in [6, 6.07) is -0.887. The third kappa shape index (κ3) is 50.4. The van der Waals surface area contributed by atoms with Gasteiger partial charge < -0.3 is 28.8 Å². The molecule has 0 saturated carbocycles. The lowest BCUT2D eigenvalue weighted by atomic mass is 10.0. The van der Waals surface area contributed by atoms with Gasteiger partial charge in [-0.15, -0.1) is 0 Å². The third-order valence-corrected chi connectivity index (χ3v) is 13.6. The molecule has 0 aromatic rings. The van der Waals surface area contributed by atoms with Crippen LogP contribution in [0.3, 0.4) is 0 Å². The molecule has 0 heterocycles. The molecule has 0 spiro atoms. The van der Waals surface area contributed by atoms with Crippen molar-refractivity contribution >= 4 is 13.7 Å². The first-order chi connectivity index (χ1) is 31.5. The molecule has 0 aliphatic rings. The fourth-order valence-corrected chi connectivity index (χ4v) is 8.91. The first-order valence-electron chi connectivity index (χ1n) is 27.9. The van der Waals surface area contributed by atoms with E-state index in [0.717, 1.165) is 44.9 Å². The number of hydrogen-bond acceptors (Lipinski definition) is 6. The molecule has 0 rings (SSSR count). The molecule has 8 nitrogen and oxygen atoms in total. The molecule has 0 radical (unpaired) electrons. The maximum absolute atomic E-state index is 12.9. The van der Waals surface area contributed by atoms with Crippen molar-refractivity contribution in [1.82, 2.24) is 5.32 Å². The van der Waals surface area contributed by atoms with Crippen molar-refractivity contribution in [2.24, 2.45) is 0 Å². The van der Waals surface area contributed by atoms with Crippen LogP contribution in [0.1, 0.15) is 264 Å². The van der Waals surface area contributed by atoms with Crippen molar-refractivity contribution in [3.8, 4) is 0 Å². The van der Waals surface area contributed by atoms with Crippen molar-refractivity contribution in [2.45, 2.75) is 276 Å². The second-order valence-electron chi connectivity index (χ2n) is 20.3. The Kier molecular flexibility index (Phi) is 46.8. The van der Waals surface area contributed by atoms with Crippen LogP contribution in [0.4, 0.5) is 0 Å². The number of phosphoric ester groups is 1. The van der Waals surface area contributed by atoms with Crippen LogP contribution in [0.25, 0.3) is 0 Å². The number of aliphatic hydroxyl groups excluding tert-OH is 1. The molecule has 0 aromatic carbocycles. The van der Waals surface area contributed by atoms with Crippen molar-refractivity contribution in [3.05, 3.63) is 36.5 Å². The van der Waals surface area contributed by atoms with E-state index in [0.29, 0.717) is 17.4 Å². The quantitative estimate of drug-likeness (QED) is 0.0272. The molecule has 0 fully saturated rings. The second-order valence-corrected chi connectivity index (χ2v) is 21.7. The van der Waals surface area contributed by atoms with E-state index >= 15 is 0 Å². The van der Waals surface area contributed by atoms with E-state index < -0.39 is 20.0 Å². The van der Waals surface area contributed by atoms with Gasteiger partial charge in [0.25, 0.3) is 7.82 Å². The van der Waals surface area contributed by atoms with Crippen LogP contribution < -0.4 is 10.2 Å². The van der Waals surface area contributed by atoms with Crippen LogP contribution in [0.5, 0.6) is 0 Å². The number of allylic oxidation sites excluding steroid dienone is 5. The minimum Gasteiger partial charge on any atom is -0.756 e. The Labute approximate surface area is 404 Å². The Morgan fingerprint density at radius 3 is 1.28 bits per heavy atom. The van der Waals surface area contributed by atoms with Crippen LogP contribution in [0, 0.1) is 0 Å². The number of aliphatic hydroxyl groups is 1. The molecule has 3 unspecified atom stereocenters. The summed E-state index contributed by atoms with van der Waals surface area (Å²) in [6.45, 7) is 4.67. The minimum atomic E-state index is -4.59. The Hall–Kier alpha value is -1.28. The highest BCUT2D eigenvalue weighted by Gasteiger charge is 2.23. The zero-order valence-electron chi connectivity index (χ0n) is 43.7. The van der Waals surface area contributed by atoms with Gasteiger partial charge in [-0.3, -0.25) is 9.36 Å². The van der Waals surface area contributed by atoms with Gasteiger partial charge in [-0.2, -0.15) is 0 Å². The number of phosphoric acid groups is 1. The molecular formula is C56H109N2O6P. The highest BCUT2D eigenvalue weighted by Crippen LogP contribution is 2.38. The first kappa shape index (κ1) is 63.7. The molecule has 0 bridgehead atoms. The van der Waals surface area contributed by atoms with Gasteiger partial charge in [0.1, 0.15) is 13.2 Å². The Bertz CT molecular complexity index is 1150. The summed E-state index contributed by atoms with van der Waals surface area (Å²) in [4.78, 5) is 25.5. The zero-order chi connectivity index (χ0) is 47.8. The van der Waals surface area contributed by atoms with Gasteiger partial charge in [-0.05, 0) is 51.4 Å². The summed E-state index contributed by atoms with van der Waals surface area (Å²) in [5.74, 6) is -0.198. The number of likely N-dealkylation sites (N-methyl/N-ethyl adjacent to an activating group) is 1. The summed E-state index contributed by atoms with van der Waals surface area (Å²) in [6.07, 6.45) is 60.7. The predicted octanol–water partition coefficient (Wildman–Crippen LogP) is 16.0.